The van der Waals surface area contributed by atoms with E-state index in [1.165, 1.54) is 5.56 Å². The maximum Gasteiger partial charge on any atom is 0.184 e. The Morgan fingerprint density at radius 1 is 1.06 bits per heavy atom. The summed E-state index contributed by atoms with van der Waals surface area (Å²) in [6.07, 6.45) is 5.29. The predicted octanol–water partition coefficient (Wildman–Crippen LogP) is 7.06. The van der Waals surface area contributed by atoms with Crippen molar-refractivity contribution in [3.05, 3.63) is 84.1 Å². The summed E-state index contributed by atoms with van der Waals surface area (Å²) in [5, 5.41) is 5.54. The number of aryl methyl sites for hydroxylation is 1. The Morgan fingerprint density at radius 2 is 1.83 bits per heavy atom. The van der Waals surface area contributed by atoms with Crippen molar-refractivity contribution in [3.8, 4) is 11.5 Å². The van der Waals surface area contributed by atoms with Gasteiger partial charge in [-0.3, -0.25) is 0 Å². The molecule has 4 aromatic rings. The van der Waals surface area contributed by atoms with Crippen LogP contribution in [0.2, 0.25) is 0 Å². The summed E-state index contributed by atoms with van der Waals surface area (Å²) < 4.78 is 17.7. The normalized spacial score (nSPS) is 15.2. The molecule has 5 heteroatoms. The molecular weight excluding hydrogens is 448 g/mol. The minimum absolute atomic E-state index is 0.400. The number of para-hydroxylation sites is 1. The Balaban J connectivity index is 1.22. The zero-order valence-electron chi connectivity index (χ0n) is 21.3. The zero-order chi connectivity index (χ0) is 24.7. The smallest absolute Gasteiger partial charge is 0.184 e. The van der Waals surface area contributed by atoms with E-state index < -0.39 is 0 Å². The fraction of sp³-hybridized carbons (Fsp3) is 0.387. The molecule has 1 saturated heterocycles. The maximum atomic E-state index is 6.30. The van der Waals surface area contributed by atoms with Gasteiger partial charge in [-0.05, 0) is 61.4 Å². The van der Waals surface area contributed by atoms with Gasteiger partial charge in [-0.1, -0.05) is 61.0 Å². The second-order valence-electron chi connectivity index (χ2n) is 9.66. The second kappa shape index (κ2) is 11.5. The van der Waals surface area contributed by atoms with E-state index in [1.54, 1.807) is 7.11 Å². The Morgan fingerprint density at radius 3 is 2.61 bits per heavy atom. The summed E-state index contributed by atoms with van der Waals surface area (Å²) in [6.45, 7) is 4.76. The van der Waals surface area contributed by atoms with Gasteiger partial charge in [-0.2, -0.15) is 0 Å². The van der Waals surface area contributed by atoms with Crippen LogP contribution in [0.1, 0.15) is 49.8 Å². The highest BCUT2D eigenvalue weighted by atomic mass is 16.5. The summed E-state index contributed by atoms with van der Waals surface area (Å²) in [5.74, 6) is 2.37. The van der Waals surface area contributed by atoms with Gasteiger partial charge in [0.05, 0.1) is 25.1 Å². The molecule has 2 heterocycles. The highest BCUT2D eigenvalue weighted by molar-refractivity contribution is 5.79. The quantitative estimate of drug-likeness (QED) is 0.242. The molecule has 0 spiro atoms. The van der Waals surface area contributed by atoms with Gasteiger partial charge in [0, 0.05) is 30.5 Å². The largest absolute Gasteiger partial charge is 0.491 e. The fourth-order valence-corrected chi connectivity index (χ4v) is 5.22. The van der Waals surface area contributed by atoms with Crippen LogP contribution in [0, 0.1) is 12.0 Å². The summed E-state index contributed by atoms with van der Waals surface area (Å²) in [6, 6.07) is 26.1. The summed E-state index contributed by atoms with van der Waals surface area (Å²) in [4.78, 5) is 2.39. The van der Waals surface area contributed by atoms with E-state index in [2.05, 4.69) is 71.6 Å². The Labute approximate surface area is 214 Å². The Kier molecular flexibility index (Phi) is 7.75. The van der Waals surface area contributed by atoms with E-state index in [1.807, 2.05) is 18.2 Å². The number of fused-ring (bicyclic) bond motifs is 1. The molecule has 1 aliphatic heterocycles. The molecule has 0 N–H and O–H groups in total. The Hall–Kier alpha value is -3.47. The molecule has 3 aromatic carbocycles. The average molecular weight is 484 g/mol. The van der Waals surface area contributed by atoms with Crippen LogP contribution in [0.4, 0.5) is 5.69 Å². The van der Waals surface area contributed by atoms with E-state index >= 15 is 0 Å². The first-order chi connectivity index (χ1) is 17.8. The topological polar surface area (TPSA) is 47.7 Å². The second-order valence-corrected chi connectivity index (χ2v) is 9.66. The third-order valence-electron chi connectivity index (χ3n) is 7.45. The number of nitrogens with zero attached hydrogens (tertiary/aromatic N) is 2. The first kappa shape index (κ1) is 24.2. The third kappa shape index (κ3) is 5.35. The lowest BCUT2D eigenvalue weighted by atomic mass is 9.91. The standard InChI is InChI=1S/C31H35N2O3/c1-3-23(16-17-24-10-5-4-6-11-24)22-35-29-15-9-13-27(31(29)34-2)33-20-18-25(19-21-33)30-26-12-7-8-14-28(26)36-32-30/h4-14,23,25H,3,16-22H2,1-2H3. The van der Waals surface area contributed by atoms with Gasteiger partial charge in [0.15, 0.2) is 17.1 Å². The number of benzene rings is 3. The first-order valence-electron chi connectivity index (χ1n) is 13.1. The van der Waals surface area contributed by atoms with E-state index in [-0.39, 0.29) is 0 Å². The van der Waals surface area contributed by atoms with Crippen LogP contribution in [-0.2, 0) is 6.42 Å². The number of hydrogen-bond donors (Lipinski definition) is 0. The molecule has 187 valence electrons. The molecule has 1 atom stereocenters. The monoisotopic (exact) mass is 483 g/mol. The molecule has 0 aliphatic carbocycles. The summed E-state index contributed by atoms with van der Waals surface area (Å²) in [5.41, 5.74) is 4.41. The van der Waals surface area contributed by atoms with Crippen LogP contribution >= 0.6 is 0 Å². The zero-order valence-corrected chi connectivity index (χ0v) is 21.3. The lowest BCUT2D eigenvalue weighted by Crippen LogP contribution is -2.33. The number of ether oxygens (including phenoxy) is 2. The molecule has 1 aliphatic rings. The van der Waals surface area contributed by atoms with Gasteiger partial charge in [-0.15, -0.1) is 0 Å². The number of rotatable bonds is 10. The maximum absolute atomic E-state index is 6.30. The fourth-order valence-electron chi connectivity index (χ4n) is 5.22. The van der Waals surface area contributed by atoms with Crippen LogP contribution in [0.5, 0.6) is 11.5 Å². The molecule has 5 nitrogen and oxygen atoms in total. The van der Waals surface area contributed by atoms with Crippen molar-refractivity contribution in [3.63, 3.8) is 0 Å². The lowest BCUT2D eigenvalue weighted by Gasteiger charge is -2.34. The van der Waals surface area contributed by atoms with Gasteiger partial charge in [0.1, 0.15) is 0 Å². The minimum atomic E-state index is 0.400. The van der Waals surface area contributed by atoms with Gasteiger partial charge >= 0.3 is 0 Å². The number of anilines is 1. The van der Waals surface area contributed by atoms with Gasteiger partial charge in [-0.25, -0.2) is 0 Å². The molecule has 36 heavy (non-hydrogen) atoms. The number of piperidine rings is 1. The van der Waals surface area contributed by atoms with Gasteiger partial charge in [0.2, 0.25) is 0 Å². The molecular formula is C31H35N2O3. The van der Waals surface area contributed by atoms with Crippen LogP contribution in [0.15, 0.2) is 71.3 Å². The number of aromatic nitrogens is 1. The van der Waals surface area contributed by atoms with Crippen LogP contribution in [-0.4, -0.2) is 32.0 Å². The SMILES string of the molecule is CCC(CCc1ccccc1)COc1[c]ccc(N2CCC(c3noc4ccccc34)CC2)c1OC. The lowest BCUT2D eigenvalue weighted by molar-refractivity contribution is 0.226. The average Bonchev–Trinajstić information content (AvgIpc) is 3.38. The highest BCUT2D eigenvalue weighted by Gasteiger charge is 2.27. The van der Waals surface area contributed by atoms with Crippen molar-refractivity contribution < 1.29 is 14.0 Å². The first-order valence-corrected chi connectivity index (χ1v) is 13.1. The molecule has 1 fully saturated rings. The van der Waals surface area contributed by atoms with Crippen LogP contribution in [0.25, 0.3) is 11.0 Å². The third-order valence-corrected chi connectivity index (χ3v) is 7.45. The molecule has 0 amide bonds. The highest BCUT2D eigenvalue weighted by Crippen LogP contribution is 2.41. The molecule has 1 radical (unpaired) electrons. The number of hydrogen-bond acceptors (Lipinski definition) is 5. The van der Waals surface area contributed by atoms with Crippen molar-refractivity contribution in [2.24, 2.45) is 5.92 Å². The van der Waals surface area contributed by atoms with Crippen LogP contribution < -0.4 is 14.4 Å². The summed E-state index contributed by atoms with van der Waals surface area (Å²) >= 11 is 0. The van der Waals surface area contributed by atoms with Crippen LogP contribution in [0.3, 0.4) is 0 Å². The predicted molar refractivity (Wildman–Crippen MR) is 144 cm³/mol. The van der Waals surface area contributed by atoms with E-state index in [0.717, 1.165) is 73.3 Å². The van der Waals surface area contributed by atoms with Crippen molar-refractivity contribution in [2.75, 3.05) is 31.7 Å². The van der Waals surface area contributed by atoms with Gasteiger partial charge < -0.3 is 18.9 Å². The van der Waals surface area contributed by atoms with Crippen molar-refractivity contribution in [1.82, 2.24) is 5.16 Å². The molecule has 5 rings (SSSR count). The van der Waals surface area contributed by atoms with Crippen molar-refractivity contribution in [2.45, 2.75) is 44.9 Å². The molecule has 0 bridgehead atoms. The Bertz CT molecular complexity index is 1250. The number of methoxy groups -OCH3 is 1. The van der Waals surface area contributed by atoms with Crippen molar-refractivity contribution >= 4 is 16.7 Å². The minimum Gasteiger partial charge on any atom is -0.491 e. The summed E-state index contributed by atoms with van der Waals surface area (Å²) in [7, 11) is 1.72. The molecule has 1 aromatic heterocycles. The van der Waals surface area contributed by atoms with E-state index in [4.69, 9.17) is 14.0 Å². The van der Waals surface area contributed by atoms with E-state index in [0.29, 0.717) is 24.2 Å². The van der Waals surface area contributed by atoms with Crippen molar-refractivity contribution in [1.29, 1.82) is 0 Å². The molecule has 1 unspecified atom stereocenters. The van der Waals surface area contributed by atoms with E-state index in [9.17, 15) is 0 Å². The molecule has 0 saturated carbocycles. The van der Waals surface area contributed by atoms with Gasteiger partial charge in [0.25, 0.3) is 0 Å².